The lowest BCUT2D eigenvalue weighted by molar-refractivity contribution is -0.150. The highest BCUT2D eigenvalue weighted by Gasteiger charge is 2.43. The minimum Gasteiger partial charge on any atom is -0.340 e. The Morgan fingerprint density at radius 3 is 2.53 bits per heavy atom. The van der Waals surface area contributed by atoms with E-state index in [2.05, 4.69) is 5.32 Å². The van der Waals surface area contributed by atoms with Gasteiger partial charge in [-0.2, -0.15) is 11.8 Å². The Kier molecular flexibility index (Phi) is 5.31. The van der Waals surface area contributed by atoms with Crippen LogP contribution < -0.4 is 5.32 Å². The molecule has 0 radical (unpaired) electrons. The molecule has 0 aliphatic carbocycles. The van der Waals surface area contributed by atoms with E-state index < -0.39 is 5.54 Å². The molecular weight excluding hydrogens is 236 g/mol. The van der Waals surface area contributed by atoms with Crippen molar-refractivity contribution in [2.45, 2.75) is 38.6 Å². The van der Waals surface area contributed by atoms with Crippen LogP contribution in [0.4, 0.5) is 0 Å². The van der Waals surface area contributed by atoms with Crippen LogP contribution in [-0.4, -0.2) is 47.4 Å². The topological polar surface area (TPSA) is 49.4 Å². The quantitative estimate of drug-likeness (QED) is 0.730. The van der Waals surface area contributed by atoms with Gasteiger partial charge in [-0.25, -0.2) is 0 Å². The van der Waals surface area contributed by atoms with Gasteiger partial charge in [0.15, 0.2) is 0 Å². The SMILES string of the molecule is CCC1(CC)NC(=O)CN(CCCSC)C1=O. The van der Waals surface area contributed by atoms with Crippen molar-refractivity contribution in [2.75, 3.05) is 25.1 Å². The van der Waals surface area contributed by atoms with Gasteiger partial charge in [-0.05, 0) is 31.3 Å². The number of nitrogens with one attached hydrogen (secondary N) is 1. The minimum atomic E-state index is -0.658. The Morgan fingerprint density at radius 1 is 1.35 bits per heavy atom. The first kappa shape index (κ1) is 14.4. The van der Waals surface area contributed by atoms with Crippen LogP contribution in [0.1, 0.15) is 33.1 Å². The van der Waals surface area contributed by atoms with Crippen molar-refractivity contribution in [3.63, 3.8) is 0 Å². The monoisotopic (exact) mass is 258 g/mol. The van der Waals surface area contributed by atoms with Gasteiger partial charge < -0.3 is 10.2 Å². The average molecular weight is 258 g/mol. The van der Waals surface area contributed by atoms with Gasteiger partial charge >= 0.3 is 0 Å². The molecule has 1 heterocycles. The van der Waals surface area contributed by atoms with Crippen molar-refractivity contribution in [1.82, 2.24) is 10.2 Å². The van der Waals surface area contributed by atoms with Crippen LogP contribution in [0.5, 0.6) is 0 Å². The van der Waals surface area contributed by atoms with E-state index in [0.29, 0.717) is 19.4 Å². The van der Waals surface area contributed by atoms with E-state index in [0.717, 1.165) is 12.2 Å². The molecular formula is C12H22N2O2S. The molecule has 0 aromatic carbocycles. The number of thioether (sulfide) groups is 1. The molecule has 17 heavy (non-hydrogen) atoms. The predicted molar refractivity (Wildman–Crippen MR) is 71.0 cm³/mol. The van der Waals surface area contributed by atoms with E-state index in [1.807, 2.05) is 20.1 Å². The van der Waals surface area contributed by atoms with Crippen LogP contribution in [0.3, 0.4) is 0 Å². The molecule has 0 atom stereocenters. The first-order chi connectivity index (χ1) is 8.09. The fraction of sp³-hybridized carbons (Fsp3) is 0.833. The summed E-state index contributed by atoms with van der Waals surface area (Å²) in [6.07, 6.45) is 4.32. The third kappa shape index (κ3) is 3.15. The first-order valence-electron chi connectivity index (χ1n) is 6.19. The number of carbonyl (C=O) groups excluding carboxylic acids is 2. The van der Waals surface area contributed by atoms with Gasteiger partial charge in [0.1, 0.15) is 5.54 Å². The van der Waals surface area contributed by atoms with Crippen molar-refractivity contribution in [2.24, 2.45) is 0 Å². The van der Waals surface area contributed by atoms with Gasteiger partial charge in [-0.3, -0.25) is 9.59 Å². The van der Waals surface area contributed by atoms with Crippen LogP contribution in [0.2, 0.25) is 0 Å². The predicted octanol–water partition coefficient (Wildman–Crippen LogP) is 1.26. The molecule has 1 aliphatic rings. The molecule has 0 aromatic rings. The van der Waals surface area contributed by atoms with Crippen molar-refractivity contribution < 1.29 is 9.59 Å². The molecule has 4 nitrogen and oxygen atoms in total. The third-order valence-corrected chi connectivity index (χ3v) is 4.09. The Labute approximate surface area is 108 Å². The van der Waals surface area contributed by atoms with Gasteiger partial charge in [-0.15, -0.1) is 0 Å². The van der Waals surface area contributed by atoms with Crippen molar-refractivity contribution in [3.05, 3.63) is 0 Å². The summed E-state index contributed by atoms with van der Waals surface area (Å²) in [5.41, 5.74) is -0.658. The highest BCUT2D eigenvalue weighted by Crippen LogP contribution is 2.22. The summed E-state index contributed by atoms with van der Waals surface area (Å²) in [6, 6.07) is 0. The zero-order valence-electron chi connectivity index (χ0n) is 10.9. The average Bonchev–Trinajstić information content (AvgIpc) is 2.33. The second-order valence-corrected chi connectivity index (χ2v) is 5.40. The summed E-state index contributed by atoms with van der Waals surface area (Å²) in [6.45, 7) is 4.81. The van der Waals surface area contributed by atoms with E-state index in [9.17, 15) is 9.59 Å². The van der Waals surface area contributed by atoms with E-state index in [1.165, 1.54) is 0 Å². The second kappa shape index (κ2) is 6.28. The Bertz CT molecular complexity index is 290. The lowest BCUT2D eigenvalue weighted by Gasteiger charge is -2.41. The first-order valence-corrected chi connectivity index (χ1v) is 7.58. The number of nitrogens with zero attached hydrogens (tertiary/aromatic N) is 1. The number of rotatable bonds is 6. The molecule has 1 aliphatic heterocycles. The number of carbonyl (C=O) groups is 2. The van der Waals surface area contributed by atoms with Crippen molar-refractivity contribution in [1.29, 1.82) is 0 Å². The summed E-state index contributed by atoms with van der Waals surface area (Å²) >= 11 is 1.77. The Morgan fingerprint density at radius 2 is 2.00 bits per heavy atom. The molecule has 98 valence electrons. The zero-order valence-corrected chi connectivity index (χ0v) is 11.7. The van der Waals surface area contributed by atoms with Crippen LogP contribution >= 0.6 is 11.8 Å². The van der Waals surface area contributed by atoms with E-state index in [4.69, 9.17) is 0 Å². The van der Waals surface area contributed by atoms with Crippen LogP contribution in [0.25, 0.3) is 0 Å². The highest BCUT2D eigenvalue weighted by molar-refractivity contribution is 7.98. The molecule has 1 fully saturated rings. The molecule has 2 amide bonds. The van der Waals surface area contributed by atoms with Crippen molar-refractivity contribution in [3.8, 4) is 0 Å². The number of piperazine rings is 1. The van der Waals surface area contributed by atoms with E-state index in [-0.39, 0.29) is 18.4 Å². The molecule has 0 aromatic heterocycles. The van der Waals surface area contributed by atoms with Crippen LogP contribution in [0, 0.1) is 0 Å². The fourth-order valence-electron chi connectivity index (χ4n) is 2.22. The minimum absolute atomic E-state index is 0.0301. The van der Waals surface area contributed by atoms with E-state index >= 15 is 0 Å². The summed E-state index contributed by atoms with van der Waals surface area (Å²) in [7, 11) is 0. The zero-order chi connectivity index (χ0) is 12.9. The summed E-state index contributed by atoms with van der Waals surface area (Å²) in [5, 5.41) is 2.86. The molecule has 1 N–H and O–H groups in total. The lowest BCUT2D eigenvalue weighted by Crippen LogP contribution is -2.66. The van der Waals surface area contributed by atoms with Crippen LogP contribution in [0.15, 0.2) is 0 Å². The van der Waals surface area contributed by atoms with Gasteiger partial charge in [0.05, 0.1) is 6.54 Å². The van der Waals surface area contributed by atoms with Gasteiger partial charge in [0, 0.05) is 6.54 Å². The third-order valence-electron chi connectivity index (χ3n) is 3.39. The number of hydrogen-bond donors (Lipinski definition) is 1. The summed E-state index contributed by atoms with van der Waals surface area (Å²) in [4.78, 5) is 25.7. The van der Waals surface area contributed by atoms with Gasteiger partial charge in [0.2, 0.25) is 11.8 Å². The largest absolute Gasteiger partial charge is 0.340 e. The normalized spacial score (nSPS) is 19.4. The molecule has 5 heteroatoms. The summed E-state index contributed by atoms with van der Waals surface area (Å²) < 4.78 is 0. The highest BCUT2D eigenvalue weighted by atomic mass is 32.2. The Balaban J connectivity index is 2.71. The second-order valence-electron chi connectivity index (χ2n) is 4.41. The van der Waals surface area contributed by atoms with E-state index in [1.54, 1.807) is 16.7 Å². The Hall–Kier alpha value is -0.710. The van der Waals surface area contributed by atoms with Gasteiger partial charge in [0.25, 0.3) is 0 Å². The smallest absolute Gasteiger partial charge is 0.248 e. The molecule has 0 saturated carbocycles. The number of amides is 2. The van der Waals surface area contributed by atoms with Gasteiger partial charge in [-0.1, -0.05) is 13.8 Å². The fourth-order valence-corrected chi connectivity index (χ4v) is 2.64. The molecule has 0 spiro atoms. The maximum Gasteiger partial charge on any atom is 0.248 e. The molecule has 1 saturated heterocycles. The molecule has 0 unspecified atom stereocenters. The summed E-state index contributed by atoms with van der Waals surface area (Å²) in [5.74, 6) is 1.08. The lowest BCUT2D eigenvalue weighted by atomic mass is 9.89. The maximum absolute atomic E-state index is 12.4. The molecule has 0 bridgehead atoms. The molecule has 1 rings (SSSR count). The number of hydrogen-bond acceptors (Lipinski definition) is 3. The van der Waals surface area contributed by atoms with Crippen LogP contribution in [-0.2, 0) is 9.59 Å². The standard InChI is InChI=1S/C12H22N2O2S/c1-4-12(5-2)11(16)14(7-6-8-17-3)9-10(15)13-12/h4-9H2,1-3H3,(H,13,15). The van der Waals surface area contributed by atoms with Crippen molar-refractivity contribution >= 4 is 23.6 Å². The maximum atomic E-state index is 12.4.